The second-order valence-corrected chi connectivity index (χ2v) is 4.67. The van der Waals surface area contributed by atoms with Gasteiger partial charge in [-0.2, -0.15) is 0 Å². The number of carbonyl (C=O) groups is 1. The summed E-state index contributed by atoms with van der Waals surface area (Å²) < 4.78 is 5.78. The Hall–Kier alpha value is -2.55. The molecule has 3 nitrogen and oxygen atoms in total. The molecular weight excluding hydrogens is 252 g/mol. The predicted molar refractivity (Wildman–Crippen MR) is 79.1 cm³/mol. The fourth-order valence-corrected chi connectivity index (χ4v) is 1.94. The van der Waals surface area contributed by atoms with Gasteiger partial charge in [0.05, 0.1) is 0 Å². The zero-order valence-electron chi connectivity index (χ0n) is 11.5. The van der Waals surface area contributed by atoms with Gasteiger partial charge in [-0.25, -0.2) is 4.79 Å². The molecule has 1 N–H and O–H groups in total. The molecule has 0 bridgehead atoms. The molecule has 0 aliphatic rings. The summed E-state index contributed by atoms with van der Waals surface area (Å²) >= 11 is 0. The van der Waals surface area contributed by atoms with Crippen LogP contribution < -0.4 is 4.74 Å². The molecule has 0 saturated heterocycles. The Morgan fingerprint density at radius 1 is 1.00 bits per heavy atom. The van der Waals surface area contributed by atoms with Gasteiger partial charge >= 0.3 is 5.97 Å². The van der Waals surface area contributed by atoms with Crippen molar-refractivity contribution in [2.75, 3.05) is 0 Å². The molecule has 0 saturated carbocycles. The average Bonchev–Trinajstić information content (AvgIpc) is 2.36. The number of benzene rings is 2. The fourth-order valence-electron chi connectivity index (χ4n) is 1.94. The lowest BCUT2D eigenvalue weighted by atomic mass is 10.1. The average molecular weight is 268 g/mol. The molecule has 2 aromatic rings. The van der Waals surface area contributed by atoms with Gasteiger partial charge in [-0.15, -0.1) is 0 Å². The van der Waals surface area contributed by atoms with E-state index < -0.39 is 5.97 Å². The zero-order valence-corrected chi connectivity index (χ0v) is 11.5. The van der Waals surface area contributed by atoms with Gasteiger partial charge in [0, 0.05) is 6.08 Å². The summed E-state index contributed by atoms with van der Waals surface area (Å²) in [6, 6.07) is 13.3. The van der Waals surface area contributed by atoms with Crippen molar-refractivity contribution in [3.05, 3.63) is 65.2 Å². The molecule has 102 valence electrons. The highest BCUT2D eigenvalue weighted by Crippen LogP contribution is 2.24. The summed E-state index contributed by atoms with van der Waals surface area (Å²) in [5.74, 6) is 0.569. The number of carboxylic acid groups (broad SMARTS) is 1. The molecule has 2 aromatic carbocycles. The van der Waals surface area contributed by atoms with Crippen LogP contribution >= 0.6 is 0 Å². The molecule has 0 radical (unpaired) electrons. The molecule has 0 fully saturated rings. The maximum atomic E-state index is 10.4. The molecule has 0 atom stereocenters. The van der Waals surface area contributed by atoms with Crippen LogP contribution in [-0.2, 0) is 4.79 Å². The Morgan fingerprint density at radius 3 is 2.15 bits per heavy atom. The fraction of sp³-hybridized carbons (Fsp3) is 0.118. The smallest absolute Gasteiger partial charge is 0.328 e. The van der Waals surface area contributed by atoms with Gasteiger partial charge in [-0.3, -0.25) is 0 Å². The largest absolute Gasteiger partial charge is 0.478 e. The monoisotopic (exact) mass is 268 g/mol. The van der Waals surface area contributed by atoms with E-state index in [4.69, 9.17) is 9.84 Å². The van der Waals surface area contributed by atoms with Gasteiger partial charge in [-0.1, -0.05) is 18.2 Å². The van der Waals surface area contributed by atoms with E-state index in [2.05, 4.69) is 6.07 Å². The quantitative estimate of drug-likeness (QED) is 0.845. The summed E-state index contributed by atoms with van der Waals surface area (Å²) in [6.45, 7) is 4.05. The molecule has 0 heterocycles. The van der Waals surface area contributed by atoms with Crippen LogP contribution in [0.1, 0.15) is 16.7 Å². The van der Waals surface area contributed by atoms with Gasteiger partial charge in [0.15, 0.2) is 0 Å². The Kier molecular flexibility index (Phi) is 4.20. The van der Waals surface area contributed by atoms with Crippen molar-refractivity contribution < 1.29 is 14.6 Å². The first-order valence-corrected chi connectivity index (χ1v) is 6.30. The lowest BCUT2D eigenvalue weighted by Gasteiger charge is -2.08. The second-order valence-electron chi connectivity index (χ2n) is 4.67. The summed E-state index contributed by atoms with van der Waals surface area (Å²) in [5.41, 5.74) is 3.13. The first kappa shape index (κ1) is 13.9. The third kappa shape index (κ3) is 3.99. The number of hydrogen-bond acceptors (Lipinski definition) is 2. The lowest BCUT2D eigenvalue weighted by molar-refractivity contribution is -0.131. The summed E-state index contributed by atoms with van der Waals surface area (Å²) in [5, 5.41) is 8.56. The van der Waals surface area contributed by atoms with Crippen molar-refractivity contribution in [1.82, 2.24) is 0 Å². The maximum Gasteiger partial charge on any atom is 0.328 e. The van der Waals surface area contributed by atoms with Crippen LogP contribution in [0.15, 0.2) is 48.5 Å². The third-order valence-corrected chi connectivity index (χ3v) is 2.73. The van der Waals surface area contributed by atoms with Gasteiger partial charge in [0.2, 0.25) is 0 Å². The van der Waals surface area contributed by atoms with Gasteiger partial charge in [-0.05, 0) is 60.9 Å². The lowest BCUT2D eigenvalue weighted by Crippen LogP contribution is -1.87. The number of ether oxygens (including phenoxy) is 1. The molecule has 0 aliphatic carbocycles. The minimum absolute atomic E-state index is 0.725. The Bertz CT molecular complexity index is 620. The molecule has 0 amide bonds. The van der Waals surface area contributed by atoms with E-state index in [1.165, 1.54) is 0 Å². The molecule has 0 unspecified atom stereocenters. The SMILES string of the molecule is Cc1cc(C)cc(Oc2ccc(/C=C/C(=O)O)cc2)c1. The van der Waals surface area contributed by atoms with Crippen molar-refractivity contribution in [3.8, 4) is 11.5 Å². The molecule has 0 spiro atoms. The highest BCUT2D eigenvalue weighted by atomic mass is 16.5. The number of aryl methyl sites for hydroxylation is 2. The Balaban J connectivity index is 2.12. The predicted octanol–water partition coefficient (Wildman–Crippen LogP) is 4.19. The van der Waals surface area contributed by atoms with Crippen LogP contribution in [0.25, 0.3) is 6.08 Å². The van der Waals surface area contributed by atoms with Crippen molar-refractivity contribution >= 4 is 12.0 Å². The second kappa shape index (κ2) is 6.06. The topological polar surface area (TPSA) is 46.5 Å². The number of hydrogen-bond donors (Lipinski definition) is 1. The summed E-state index contributed by atoms with van der Waals surface area (Å²) in [7, 11) is 0. The van der Waals surface area contributed by atoms with Crippen molar-refractivity contribution in [2.24, 2.45) is 0 Å². The third-order valence-electron chi connectivity index (χ3n) is 2.73. The summed E-state index contributed by atoms with van der Waals surface area (Å²) in [4.78, 5) is 10.4. The Labute approximate surface area is 118 Å². The van der Waals surface area contributed by atoms with Crippen molar-refractivity contribution in [2.45, 2.75) is 13.8 Å². The zero-order chi connectivity index (χ0) is 14.5. The van der Waals surface area contributed by atoms with Crippen LogP contribution in [-0.4, -0.2) is 11.1 Å². The maximum absolute atomic E-state index is 10.4. The number of rotatable bonds is 4. The van der Waals surface area contributed by atoms with Gasteiger partial charge < -0.3 is 9.84 Å². The van der Waals surface area contributed by atoms with E-state index >= 15 is 0 Å². The minimum atomic E-state index is -0.958. The van der Waals surface area contributed by atoms with E-state index in [1.807, 2.05) is 50.2 Å². The minimum Gasteiger partial charge on any atom is -0.478 e. The molecule has 0 aliphatic heterocycles. The highest BCUT2D eigenvalue weighted by Gasteiger charge is 1.99. The first-order valence-electron chi connectivity index (χ1n) is 6.30. The number of carboxylic acids is 1. The van der Waals surface area contributed by atoms with Crippen LogP contribution in [0, 0.1) is 13.8 Å². The van der Waals surface area contributed by atoms with Crippen molar-refractivity contribution in [3.63, 3.8) is 0 Å². The van der Waals surface area contributed by atoms with Gasteiger partial charge in [0.25, 0.3) is 0 Å². The van der Waals surface area contributed by atoms with Crippen LogP contribution in [0.3, 0.4) is 0 Å². The van der Waals surface area contributed by atoms with Crippen LogP contribution in [0.2, 0.25) is 0 Å². The molecular formula is C17H16O3. The van der Waals surface area contributed by atoms with Crippen molar-refractivity contribution in [1.29, 1.82) is 0 Å². The molecule has 2 rings (SSSR count). The van der Waals surface area contributed by atoms with Gasteiger partial charge in [0.1, 0.15) is 11.5 Å². The first-order chi connectivity index (χ1) is 9.52. The van der Waals surface area contributed by atoms with E-state index in [0.29, 0.717) is 0 Å². The molecule has 3 heteroatoms. The molecule has 20 heavy (non-hydrogen) atoms. The Morgan fingerprint density at radius 2 is 1.60 bits per heavy atom. The van der Waals surface area contributed by atoms with E-state index in [-0.39, 0.29) is 0 Å². The normalized spacial score (nSPS) is 10.7. The van der Waals surface area contributed by atoms with Crippen LogP contribution in [0.5, 0.6) is 11.5 Å². The van der Waals surface area contributed by atoms with E-state index in [9.17, 15) is 4.79 Å². The summed E-state index contributed by atoms with van der Waals surface area (Å²) in [6.07, 6.45) is 2.66. The van der Waals surface area contributed by atoms with E-state index in [1.54, 1.807) is 6.08 Å². The van der Waals surface area contributed by atoms with Crippen LogP contribution in [0.4, 0.5) is 0 Å². The van der Waals surface area contributed by atoms with E-state index in [0.717, 1.165) is 34.3 Å². The number of aliphatic carboxylic acids is 1. The standard InChI is InChI=1S/C17H16O3/c1-12-9-13(2)11-16(10-12)20-15-6-3-14(4-7-15)5-8-17(18)19/h3-11H,1-2H3,(H,18,19)/b8-5+. The highest BCUT2D eigenvalue weighted by molar-refractivity contribution is 5.85. The molecule has 0 aromatic heterocycles.